The summed E-state index contributed by atoms with van der Waals surface area (Å²) in [5.41, 5.74) is 1.70. The normalized spacial score (nSPS) is 17.9. The van der Waals surface area contributed by atoms with Gasteiger partial charge in [-0.25, -0.2) is 0 Å². The van der Waals surface area contributed by atoms with Gasteiger partial charge in [0.1, 0.15) is 0 Å². The highest BCUT2D eigenvalue weighted by Gasteiger charge is 2.21. The first kappa shape index (κ1) is 13.6. The van der Waals surface area contributed by atoms with E-state index >= 15 is 0 Å². The molecule has 1 aromatic carbocycles. The number of halogens is 1. The second-order valence-corrected chi connectivity index (χ2v) is 5.61. The number of hydrogen-bond donors (Lipinski definition) is 1. The molecule has 1 fully saturated rings. The molecule has 2 rings (SSSR count). The monoisotopic (exact) mass is 265 g/mol. The molecular formula is C15H20ClNO. The maximum atomic E-state index is 12.3. The van der Waals surface area contributed by atoms with Crippen molar-refractivity contribution < 1.29 is 4.79 Å². The van der Waals surface area contributed by atoms with Gasteiger partial charge in [0.15, 0.2) is 5.78 Å². The van der Waals surface area contributed by atoms with Gasteiger partial charge in [-0.3, -0.25) is 4.79 Å². The molecule has 1 aliphatic rings. The molecule has 0 aromatic heterocycles. The number of benzene rings is 1. The summed E-state index contributed by atoms with van der Waals surface area (Å²) in [4.78, 5) is 12.3. The molecular weight excluding hydrogens is 246 g/mol. The minimum Gasteiger partial charge on any atom is -0.305 e. The van der Waals surface area contributed by atoms with Crippen molar-refractivity contribution in [2.75, 3.05) is 0 Å². The van der Waals surface area contributed by atoms with Crippen molar-refractivity contribution in [3.8, 4) is 0 Å². The zero-order valence-electron chi connectivity index (χ0n) is 11.0. The third-order valence-electron chi connectivity index (χ3n) is 3.68. The van der Waals surface area contributed by atoms with E-state index in [1.54, 1.807) is 6.07 Å². The number of aryl methyl sites for hydroxylation is 1. The summed E-state index contributed by atoms with van der Waals surface area (Å²) in [7, 11) is 0. The van der Waals surface area contributed by atoms with E-state index in [4.69, 9.17) is 11.6 Å². The van der Waals surface area contributed by atoms with Crippen LogP contribution in [0, 0.1) is 6.92 Å². The van der Waals surface area contributed by atoms with Crippen molar-refractivity contribution in [1.82, 2.24) is 5.32 Å². The lowest BCUT2D eigenvalue weighted by atomic mass is 10.0. The van der Waals surface area contributed by atoms with Crippen molar-refractivity contribution in [2.24, 2.45) is 0 Å². The first-order valence-corrected chi connectivity index (χ1v) is 7.02. The van der Waals surface area contributed by atoms with Gasteiger partial charge >= 0.3 is 0 Å². The average Bonchev–Trinajstić information content (AvgIpc) is 2.84. The Morgan fingerprint density at radius 2 is 2.06 bits per heavy atom. The number of carbonyl (C=O) groups is 1. The fraction of sp³-hybridized carbons (Fsp3) is 0.533. The second kappa shape index (κ2) is 5.85. The van der Waals surface area contributed by atoms with Gasteiger partial charge in [0.25, 0.3) is 0 Å². The number of hydrogen-bond acceptors (Lipinski definition) is 2. The lowest BCUT2D eigenvalue weighted by molar-refractivity contribution is 0.0944. The Morgan fingerprint density at radius 1 is 1.39 bits per heavy atom. The van der Waals surface area contributed by atoms with Crippen molar-refractivity contribution in [3.05, 3.63) is 34.3 Å². The highest BCUT2D eigenvalue weighted by Crippen LogP contribution is 2.20. The zero-order valence-corrected chi connectivity index (χ0v) is 11.8. The Kier molecular flexibility index (Phi) is 4.41. The van der Waals surface area contributed by atoms with Gasteiger partial charge in [0, 0.05) is 16.6 Å². The molecule has 1 unspecified atom stereocenters. The minimum absolute atomic E-state index is 0.117. The predicted molar refractivity (Wildman–Crippen MR) is 75.4 cm³/mol. The standard InChI is InChI=1S/C15H20ClNO/c1-10-9-12(7-8-14(10)16)15(18)11(2)17-13-5-3-4-6-13/h7-9,11,13,17H,3-6H2,1-2H3. The van der Waals surface area contributed by atoms with Gasteiger partial charge in [0.2, 0.25) is 0 Å². The van der Waals surface area contributed by atoms with Crippen molar-refractivity contribution in [1.29, 1.82) is 0 Å². The molecule has 1 aromatic rings. The molecule has 0 aliphatic heterocycles. The minimum atomic E-state index is -0.117. The van der Waals surface area contributed by atoms with E-state index in [0.29, 0.717) is 11.1 Å². The van der Waals surface area contributed by atoms with Gasteiger partial charge in [-0.05, 0) is 50.5 Å². The topological polar surface area (TPSA) is 29.1 Å². The summed E-state index contributed by atoms with van der Waals surface area (Å²) >= 11 is 5.98. The first-order valence-electron chi connectivity index (χ1n) is 6.64. The van der Waals surface area contributed by atoms with Crippen LogP contribution in [-0.4, -0.2) is 17.9 Å². The van der Waals surface area contributed by atoms with E-state index in [1.165, 1.54) is 25.7 Å². The Bertz CT molecular complexity index is 438. The Hall–Kier alpha value is -0.860. The molecule has 0 heterocycles. The molecule has 98 valence electrons. The van der Waals surface area contributed by atoms with Crippen LogP contribution in [0.2, 0.25) is 5.02 Å². The fourth-order valence-electron chi connectivity index (χ4n) is 2.57. The lowest BCUT2D eigenvalue weighted by Crippen LogP contribution is -2.40. The molecule has 1 saturated carbocycles. The maximum Gasteiger partial charge on any atom is 0.179 e. The van der Waals surface area contributed by atoms with Gasteiger partial charge in [0.05, 0.1) is 6.04 Å². The smallest absolute Gasteiger partial charge is 0.179 e. The number of Topliss-reactive ketones (excluding diaryl/α,β-unsaturated/α-hetero) is 1. The van der Waals surface area contributed by atoms with Crippen LogP contribution in [0.5, 0.6) is 0 Å². The predicted octanol–water partition coefficient (Wildman–Crippen LogP) is 3.75. The number of carbonyl (C=O) groups excluding carboxylic acids is 1. The van der Waals surface area contributed by atoms with Crippen molar-refractivity contribution in [3.63, 3.8) is 0 Å². The molecule has 18 heavy (non-hydrogen) atoms. The summed E-state index contributed by atoms with van der Waals surface area (Å²) in [5, 5.41) is 4.14. The molecule has 3 heteroatoms. The van der Waals surface area contributed by atoms with Crippen LogP contribution in [0.4, 0.5) is 0 Å². The largest absolute Gasteiger partial charge is 0.305 e. The van der Waals surface area contributed by atoms with E-state index < -0.39 is 0 Å². The van der Waals surface area contributed by atoms with E-state index in [-0.39, 0.29) is 11.8 Å². The van der Waals surface area contributed by atoms with Gasteiger partial charge in [-0.1, -0.05) is 24.4 Å². The third-order valence-corrected chi connectivity index (χ3v) is 4.10. The SMILES string of the molecule is Cc1cc(C(=O)C(C)NC2CCCC2)ccc1Cl. The molecule has 1 aliphatic carbocycles. The van der Waals surface area contributed by atoms with Crippen molar-refractivity contribution in [2.45, 2.75) is 51.6 Å². The second-order valence-electron chi connectivity index (χ2n) is 5.20. The van der Waals surface area contributed by atoms with Crippen LogP contribution < -0.4 is 5.32 Å². The number of ketones is 1. The molecule has 0 bridgehead atoms. The Morgan fingerprint density at radius 3 is 2.67 bits per heavy atom. The molecule has 0 saturated heterocycles. The van der Waals surface area contributed by atoms with E-state index in [1.807, 2.05) is 26.0 Å². The molecule has 0 amide bonds. The van der Waals surface area contributed by atoms with E-state index in [2.05, 4.69) is 5.32 Å². The van der Waals surface area contributed by atoms with Crippen molar-refractivity contribution >= 4 is 17.4 Å². The molecule has 2 nitrogen and oxygen atoms in total. The van der Waals surface area contributed by atoms with Gasteiger partial charge < -0.3 is 5.32 Å². The van der Waals surface area contributed by atoms with Crippen LogP contribution in [0.25, 0.3) is 0 Å². The Balaban J connectivity index is 2.02. The summed E-state index contributed by atoms with van der Waals surface area (Å²) in [5.74, 6) is 0.154. The Labute approximate surface area is 114 Å². The van der Waals surface area contributed by atoms with Gasteiger partial charge in [-0.2, -0.15) is 0 Å². The fourth-order valence-corrected chi connectivity index (χ4v) is 2.69. The average molecular weight is 266 g/mol. The number of nitrogens with one attached hydrogen (secondary N) is 1. The van der Waals surface area contributed by atoms with Crippen LogP contribution in [0.3, 0.4) is 0 Å². The molecule has 1 N–H and O–H groups in total. The number of rotatable bonds is 4. The quantitative estimate of drug-likeness (QED) is 0.840. The zero-order chi connectivity index (χ0) is 13.1. The van der Waals surface area contributed by atoms with Crippen LogP contribution in [0.15, 0.2) is 18.2 Å². The highest BCUT2D eigenvalue weighted by atomic mass is 35.5. The summed E-state index contributed by atoms with van der Waals surface area (Å²) < 4.78 is 0. The third kappa shape index (κ3) is 3.12. The van der Waals surface area contributed by atoms with Crippen LogP contribution >= 0.6 is 11.6 Å². The molecule has 1 atom stereocenters. The first-order chi connectivity index (χ1) is 8.58. The maximum absolute atomic E-state index is 12.3. The molecule has 0 spiro atoms. The summed E-state index contributed by atoms with van der Waals surface area (Å²) in [6.07, 6.45) is 4.94. The lowest BCUT2D eigenvalue weighted by Gasteiger charge is -2.18. The van der Waals surface area contributed by atoms with E-state index in [9.17, 15) is 4.79 Å². The van der Waals surface area contributed by atoms with Crippen LogP contribution in [-0.2, 0) is 0 Å². The molecule has 0 radical (unpaired) electrons. The van der Waals surface area contributed by atoms with Crippen LogP contribution in [0.1, 0.15) is 48.5 Å². The van der Waals surface area contributed by atoms with E-state index in [0.717, 1.165) is 11.1 Å². The summed E-state index contributed by atoms with van der Waals surface area (Å²) in [6.45, 7) is 3.87. The van der Waals surface area contributed by atoms with Gasteiger partial charge in [-0.15, -0.1) is 0 Å². The summed E-state index contributed by atoms with van der Waals surface area (Å²) in [6, 6.07) is 5.88. The highest BCUT2D eigenvalue weighted by molar-refractivity contribution is 6.31.